The van der Waals surface area contributed by atoms with E-state index in [1.807, 2.05) is 37.3 Å². The first-order chi connectivity index (χ1) is 9.18. The molecule has 0 aliphatic carbocycles. The van der Waals surface area contributed by atoms with Crippen LogP contribution in [0.5, 0.6) is 0 Å². The van der Waals surface area contributed by atoms with Crippen LogP contribution in [0.1, 0.15) is 18.5 Å². The highest BCUT2D eigenvalue weighted by molar-refractivity contribution is 7.17. The number of fused-ring (bicyclic) bond motifs is 1. The molecule has 1 aromatic carbocycles. The lowest BCUT2D eigenvalue weighted by atomic mass is 10.1. The van der Waals surface area contributed by atoms with Crippen molar-refractivity contribution in [1.82, 2.24) is 9.55 Å². The summed E-state index contributed by atoms with van der Waals surface area (Å²) in [6.07, 6.45) is 0. The van der Waals surface area contributed by atoms with Gasteiger partial charge in [-0.3, -0.25) is 9.36 Å². The van der Waals surface area contributed by atoms with Crippen molar-refractivity contribution < 1.29 is 0 Å². The van der Waals surface area contributed by atoms with Crippen LogP contribution in [-0.4, -0.2) is 9.55 Å². The van der Waals surface area contributed by atoms with Crippen LogP contribution < -0.4 is 11.2 Å². The van der Waals surface area contributed by atoms with E-state index in [2.05, 4.69) is 4.98 Å². The highest BCUT2D eigenvalue weighted by Gasteiger charge is 2.15. The van der Waals surface area contributed by atoms with E-state index < -0.39 is 0 Å². The normalized spacial score (nSPS) is 12.7. The third kappa shape index (κ3) is 1.92. The largest absolute Gasteiger partial charge is 0.329 e. The second kappa shape index (κ2) is 4.51. The van der Waals surface area contributed by atoms with Crippen molar-refractivity contribution in [2.75, 3.05) is 0 Å². The van der Waals surface area contributed by atoms with Gasteiger partial charge in [-0.05, 0) is 23.9 Å². The van der Waals surface area contributed by atoms with Gasteiger partial charge in [0.1, 0.15) is 4.70 Å². The van der Waals surface area contributed by atoms with E-state index >= 15 is 0 Å². The first-order valence-corrected chi connectivity index (χ1v) is 6.83. The van der Waals surface area contributed by atoms with Crippen molar-refractivity contribution in [3.63, 3.8) is 0 Å². The van der Waals surface area contributed by atoms with Crippen LogP contribution in [0.15, 0.2) is 51.4 Å². The molecule has 0 amide bonds. The highest BCUT2D eigenvalue weighted by atomic mass is 32.1. The van der Waals surface area contributed by atoms with Gasteiger partial charge >= 0.3 is 5.69 Å². The fourth-order valence-corrected chi connectivity index (χ4v) is 2.97. The van der Waals surface area contributed by atoms with Crippen LogP contribution in [0.25, 0.3) is 10.2 Å². The van der Waals surface area contributed by atoms with Gasteiger partial charge in [-0.25, -0.2) is 4.79 Å². The number of nitrogens with one attached hydrogen (secondary N) is 1. The summed E-state index contributed by atoms with van der Waals surface area (Å²) in [5.41, 5.74) is 0.944. The van der Waals surface area contributed by atoms with Crippen molar-refractivity contribution in [2.45, 2.75) is 13.0 Å². The minimum absolute atomic E-state index is 0.231. The number of H-pyrrole nitrogens is 1. The number of nitrogens with zero attached hydrogens (tertiary/aromatic N) is 1. The number of hydrogen-bond donors (Lipinski definition) is 1. The molecular formula is C14H12N2O2S. The molecule has 1 unspecified atom stereocenters. The lowest BCUT2D eigenvalue weighted by Gasteiger charge is -2.14. The van der Waals surface area contributed by atoms with E-state index in [0.717, 1.165) is 5.56 Å². The zero-order valence-corrected chi connectivity index (χ0v) is 11.1. The molecule has 3 aromatic rings. The Morgan fingerprint density at radius 2 is 1.89 bits per heavy atom. The molecule has 0 fully saturated rings. The molecular weight excluding hydrogens is 260 g/mol. The summed E-state index contributed by atoms with van der Waals surface area (Å²) in [7, 11) is 0. The molecule has 1 atom stereocenters. The van der Waals surface area contributed by atoms with Gasteiger partial charge in [0.25, 0.3) is 5.56 Å². The van der Waals surface area contributed by atoms with Crippen LogP contribution in [0, 0.1) is 0 Å². The van der Waals surface area contributed by atoms with Crippen LogP contribution in [-0.2, 0) is 0 Å². The maximum absolute atomic E-state index is 12.4. The second-order valence-electron chi connectivity index (χ2n) is 4.36. The Balaban J connectivity index is 2.26. The predicted molar refractivity (Wildman–Crippen MR) is 77.0 cm³/mol. The Morgan fingerprint density at radius 1 is 1.16 bits per heavy atom. The van der Waals surface area contributed by atoms with Crippen LogP contribution in [0.4, 0.5) is 0 Å². The Hall–Kier alpha value is -2.14. The molecule has 0 bridgehead atoms. The molecule has 0 saturated carbocycles. The van der Waals surface area contributed by atoms with Crippen molar-refractivity contribution in [3.05, 3.63) is 68.2 Å². The summed E-state index contributed by atoms with van der Waals surface area (Å²) in [4.78, 5) is 27.2. The van der Waals surface area contributed by atoms with Gasteiger partial charge in [0.05, 0.1) is 11.6 Å². The average molecular weight is 272 g/mol. The second-order valence-corrected chi connectivity index (χ2v) is 5.27. The standard InChI is InChI=1S/C14H12N2O2S/c1-9(10-5-3-2-4-6-10)16-13(17)12-11(7-8-19-12)15-14(16)18/h2-9H,1H3,(H,15,18). The molecule has 0 spiro atoms. The first-order valence-electron chi connectivity index (χ1n) is 5.95. The molecule has 3 rings (SSSR count). The van der Waals surface area contributed by atoms with Gasteiger partial charge in [0, 0.05) is 0 Å². The Morgan fingerprint density at radius 3 is 2.63 bits per heavy atom. The smallest absolute Gasteiger partial charge is 0.306 e. The van der Waals surface area contributed by atoms with Gasteiger partial charge in [-0.1, -0.05) is 30.3 Å². The summed E-state index contributed by atoms with van der Waals surface area (Å²) in [5.74, 6) is 0. The Labute approximate surface area is 113 Å². The van der Waals surface area contributed by atoms with E-state index in [9.17, 15) is 9.59 Å². The summed E-state index contributed by atoms with van der Waals surface area (Å²) in [6.45, 7) is 1.85. The fourth-order valence-electron chi connectivity index (χ4n) is 2.18. The third-order valence-corrected chi connectivity index (χ3v) is 4.11. The zero-order valence-electron chi connectivity index (χ0n) is 10.3. The number of hydrogen-bond acceptors (Lipinski definition) is 3. The number of benzene rings is 1. The predicted octanol–water partition coefficient (Wildman–Crippen LogP) is 2.36. The molecule has 5 heteroatoms. The fraction of sp³-hybridized carbons (Fsp3) is 0.143. The summed E-state index contributed by atoms with van der Waals surface area (Å²) in [5, 5.41) is 1.81. The van der Waals surface area contributed by atoms with E-state index in [1.165, 1.54) is 15.9 Å². The first kappa shape index (κ1) is 11.9. The van der Waals surface area contributed by atoms with E-state index in [0.29, 0.717) is 10.2 Å². The molecule has 4 nitrogen and oxygen atoms in total. The quantitative estimate of drug-likeness (QED) is 0.778. The van der Waals surface area contributed by atoms with Crippen LogP contribution >= 0.6 is 11.3 Å². The van der Waals surface area contributed by atoms with Gasteiger partial charge in [-0.15, -0.1) is 11.3 Å². The number of rotatable bonds is 2. The van der Waals surface area contributed by atoms with Gasteiger partial charge in [-0.2, -0.15) is 0 Å². The minimum Gasteiger partial charge on any atom is -0.306 e. The molecule has 1 N–H and O–H groups in total. The molecule has 0 radical (unpaired) electrons. The van der Waals surface area contributed by atoms with E-state index in [-0.39, 0.29) is 17.3 Å². The van der Waals surface area contributed by atoms with Gasteiger partial charge < -0.3 is 4.98 Å². The van der Waals surface area contributed by atoms with Crippen LogP contribution in [0.3, 0.4) is 0 Å². The SMILES string of the molecule is CC(c1ccccc1)n1c(=O)[nH]c2ccsc2c1=O. The maximum Gasteiger partial charge on any atom is 0.329 e. The van der Waals surface area contributed by atoms with E-state index in [4.69, 9.17) is 0 Å². The summed E-state index contributed by atoms with van der Waals surface area (Å²) >= 11 is 1.35. The van der Waals surface area contributed by atoms with Crippen LogP contribution in [0.2, 0.25) is 0 Å². The highest BCUT2D eigenvalue weighted by Crippen LogP contribution is 2.17. The molecule has 96 valence electrons. The summed E-state index contributed by atoms with van der Waals surface area (Å²) in [6, 6.07) is 11.0. The number of aromatic nitrogens is 2. The van der Waals surface area contributed by atoms with Crippen molar-refractivity contribution >= 4 is 21.6 Å². The van der Waals surface area contributed by atoms with E-state index in [1.54, 1.807) is 11.4 Å². The lowest BCUT2D eigenvalue weighted by molar-refractivity contribution is 0.586. The summed E-state index contributed by atoms with van der Waals surface area (Å²) < 4.78 is 1.86. The van der Waals surface area contributed by atoms with Gasteiger partial charge in [0.2, 0.25) is 0 Å². The number of aromatic amines is 1. The Bertz CT molecular complexity index is 830. The Kier molecular flexibility index (Phi) is 2.83. The molecule has 2 heterocycles. The maximum atomic E-state index is 12.4. The van der Waals surface area contributed by atoms with Crippen molar-refractivity contribution in [3.8, 4) is 0 Å². The lowest BCUT2D eigenvalue weighted by Crippen LogP contribution is -2.37. The van der Waals surface area contributed by atoms with Gasteiger partial charge in [0.15, 0.2) is 0 Å². The monoisotopic (exact) mass is 272 g/mol. The molecule has 2 aromatic heterocycles. The molecule has 0 aliphatic heterocycles. The molecule has 19 heavy (non-hydrogen) atoms. The van der Waals surface area contributed by atoms with Crippen molar-refractivity contribution in [2.24, 2.45) is 0 Å². The molecule has 0 aliphatic rings. The van der Waals surface area contributed by atoms with Crippen molar-refractivity contribution in [1.29, 1.82) is 0 Å². The topological polar surface area (TPSA) is 54.9 Å². The third-order valence-electron chi connectivity index (χ3n) is 3.21. The number of thiophene rings is 1. The molecule has 0 saturated heterocycles. The average Bonchev–Trinajstić information content (AvgIpc) is 2.88. The zero-order chi connectivity index (χ0) is 13.4. The minimum atomic E-state index is -0.368.